The van der Waals surface area contributed by atoms with Crippen LogP contribution in [0.3, 0.4) is 0 Å². The molecule has 3 rings (SSSR count). The maximum atomic E-state index is 5.44. The van der Waals surface area contributed by atoms with Gasteiger partial charge in [0.1, 0.15) is 5.75 Å². The Hall–Kier alpha value is -2.40. The minimum absolute atomic E-state index is 0.334. The highest BCUT2D eigenvalue weighted by molar-refractivity contribution is 5.48. The Morgan fingerprint density at radius 3 is 2.58 bits per heavy atom. The van der Waals surface area contributed by atoms with Gasteiger partial charge in [-0.05, 0) is 49.1 Å². The zero-order valence-electron chi connectivity index (χ0n) is 15.7. The number of nitrogens with one attached hydrogen (secondary N) is 2. The summed E-state index contributed by atoms with van der Waals surface area (Å²) in [6.45, 7) is 0.886. The highest BCUT2D eigenvalue weighted by Gasteiger charge is 2.23. The van der Waals surface area contributed by atoms with Crippen LogP contribution in [0.4, 0.5) is 5.69 Å². The lowest BCUT2D eigenvalue weighted by Crippen LogP contribution is -2.41. The van der Waals surface area contributed by atoms with Gasteiger partial charge in [-0.15, -0.1) is 0 Å². The summed E-state index contributed by atoms with van der Waals surface area (Å²) in [6.07, 6.45) is 3.50. The van der Waals surface area contributed by atoms with Crippen LogP contribution in [-0.4, -0.2) is 33.9 Å². The lowest BCUT2D eigenvalue weighted by Gasteiger charge is -2.32. The van der Waals surface area contributed by atoms with Crippen molar-refractivity contribution in [1.29, 1.82) is 0 Å². The third kappa shape index (κ3) is 4.41. The molecule has 26 heavy (non-hydrogen) atoms. The second-order valence-electron chi connectivity index (χ2n) is 6.57. The van der Waals surface area contributed by atoms with Gasteiger partial charge in [-0.2, -0.15) is 0 Å². The molecule has 0 aliphatic carbocycles. The van der Waals surface area contributed by atoms with Crippen molar-refractivity contribution in [3.05, 3.63) is 48.0 Å². The molecule has 1 aliphatic heterocycles. The molecule has 0 amide bonds. The summed E-state index contributed by atoms with van der Waals surface area (Å²) < 4.78 is 16.1. The van der Waals surface area contributed by atoms with Gasteiger partial charge >= 0.3 is 0 Å². The van der Waals surface area contributed by atoms with Gasteiger partial charge in [-0.25, -0.2) is 0 Å². The summed E-state index contributed by atoms with van der Waals surface area (Å²) in [4.78, 5) is 0. The van der Waals surface area contributed by atoms with Crippen LogP contribution >= 0.6 is 0 Å². The molecule has 5 nitrogen and oxygen atoms in total. The molecular formula is C21H28N2O3. The van der Waals surface area contributed by atoms with E-state index in [0.717, 1.165) is 35.9 Å². The fraction of sp³-hybridized carbons (Fsp3) is 0.429. The zero-order valence-corrected chi connectivity index (χ0v) is 15.7. The quantitative estimate of drug-likeness (QED) is 0.785. The van der Waals surface area contributed by atoms with Gasteiger partial charge in [0.05, 0.1) is 21.3 Å². The SMILES string of the molecule is COc1cccc(NCC2CCCC(c3ccc(OC)c(OC)c3)N2)c1. The number of benzene rings is 2. The molecule has 0 spiro atoms. The number of anilines is 1. The zero-order chi connectivity index (χ0) is 18.4. The highest BCUT2D eigenvalue weighted by Crippen LogP contribution is 2.33. The van der Waals surface area contributed by atoms with Gasteiger partial charge in [-0.1, -0.05) is 12.1 Å². The molecule has 0 saturated carbocycles. The van der Waals surface area contributed by atoms with Gasteiger partial charge in [0.15, 0.2) is 11.5 Å². The van der Waals surface area contributed by atoms with Crippen LogP contribution in [0.15, 0.2) is 42.5 Å². The molecule has 1 heterocycles. The number of rotatable bonds is 7. The largest absolute Gasteiger partial charge is 0.497 e. The Balaban J connectivity index is 1.62. The van der Waals surface area contributed by atoms with E-state index in [2.05, 4.69) is 28.8 Å². The maximum absolute atomic E-state index is 5.44. The molecule has 2 atom stereocenters. The second-order valence-corrected chi connectivity index (χ2v) is 6.57. The normalized spacial score (nSPS) is 19.7. The van der Waals surface area contributed by atoms with Gasteiger partial charge in [-0.3, -0.25) is 0 Å². The van der Waals surface area contributed by atoms with Crippen molar-refractivity contribution in [2.45, 2.75) is 31.3 Å². The summed E-state index contributed by atoms with van der Waals surface area (Å²) in [5.74, 6) is 2.42. The monoisotopic (exact) mass is 356 g/mol. The van der Waals surface area contributed by atoms with Crippen molar-refractivity contribution in [3.63, 3.8) is 0 Å². The predicted octanol–water partition coefficient (Wildman–Crippen LogP) is 4.01. The summed E-state index contributed by atoms with van der Waals surface area (Å²) in [5.41, 5.74) is 2.33. The Morgan fingerprint density at radius 1 is 0.962 bits per heavy atom. The van der Waals surface area contributed by atoms with E-state index in [9.17, 15) is 0 Å². The Bertz CT molecular complexity index is 720. The number of ether oxygens (including phenoxy) is 3. The van der Waals surface area contributed by atoms with Crippen LogP contribution in [-0.2, 0) is 0 Å². The van der Waals surface area contributed by atoms with Crippen molar-refractivity contribution in [1.82, 2.24) is 5.32 Å². The number of methoxy groups -OCH3 is 3. The molecule has 0 aromatic heterocycles. The van der Waals surface area contributed by atoms with Crippen molar-refractivity contribution in [3.8, 4) is 17.2 Å². The Morgan fingerprint density at radius 2 is 1.81 bits per heavy atom. The van der Waals surface area contributed by atoms with E-state index in [1.165, 1.54) is 18.4 Å². The molecule has 0 radical (unpaired) electrons. The first-order valence-electron chi connectivity index (χ1n) is 9.09. The van der Waals surface area contributed by atoms with Crippen molar-refractivity contribution >= 4 is 5.69 Å². The van der Waals surface area contributed by atoms with Gasteiger partial charge in [0, 0.05) is 30.4 Å². The van der Waals surface area contributed by atoms with Crippen LogP contribution < -0.4 is 24.8 Å². The minimum Gasteiger partial charge on any atom is -0.497 e. The first kappa shape index (κ1) is 18.4. The lowest BCUT2D eigenvalue weighted by molar-refractivity contribution is 0.329. The molecule has 0 bridgehead atoms. The van der Waals surface area contributed by atoms with Crippen LogP contribution in [0.25, 0.3) is 0 Å². The summed E-state index contributed by atoms with van der Waals surface area (Å²) in [5, 5.41) is 7.28. The molecule has 2 N–H and O–H groups in total. The minimum atomic E-state index is 0.334. The first-order chi connectivity index (χ1) is 12.7. The van der Waals surface area contributed by atoms with E-state index in [4.69, 9.17) is 14.2 Å². The standard InChI is InChI=1S/C21H28N2O3/c1-24-18-8-4-6-16(13-18)22-14-17-7-5-9-19(23-17)15-10-11-20(25-2)21(12-15)26-3/h4,6,8,10-13,17,19,22-23H,5,7,9,14H2,1-3H3. The molecule has 1 aliphatic rings. The lowest BCUT2D eigenvalue weighted by atomic mass is 9.93. The third-order valence-corrected chi connectivity index (χ3v) is 4.91. The van der Waals surface area contributed by atoms with Crippen molar-refractivity contribution in [2.24, 2.45) is 0 Å². The molecule has 140 valence electrons. The molecular weight excluding hydrogens is 328 g/mol. The van der Waals surface area contributed by atoms with E-state index in [1.54, 1.807) is 21.3 Å². The summed E-state index contributed by atoms with van der Waals surface area (Å²) in [7, 11) is 5.03. The topological polar surface area (TPSA) is 51.8 Å². The van der Waals surface area contributed by atoms with E-state index >= 15 is 0 Å². The molecule has 5 heteroatoms. The average Bonchev–Trinajstić information content (AvgIpc) is 2.72. The molecule has 2 aromatic rings. The fourth-order valence-electron chi connectivity index (χ4n) is 3.49. The van der Waals surface area contributed by atoms with Gasteiger partial charge in [0.2, 0.25) is 0 Å². The van der Waals surface area contributed by atoms with Crippen molar-refractivity contribution < 1.29 is 14.2 Å². The number of hydrogen-bond acceptors (Lipinski definition) is 5. The van der Waals surface area contributed by atoms with Gasteiger partial charge in [0.25, 0.3) is 0 Å². The average molecular weight is 356 g/mol. The van der Waals surface area contributed by atoms with Crippen LogP contribution in [0.5, 0.6) is 17.2 Å². The Kier molecular flexibility index (Phi) is 6.23. The third-order valence-electron chi connectivity index (χ3n) is 4.91. The van der Waals surface area contributed by atoms with Crippen molar-refractivity contribution in [2.75, 3.05) is 33.2 Å². The summed E-state index contributed by atoms with van der Waals surface area (Å²) >= 11 is 0. The van der Waals surface area contributed by atoms with E-state index in [0.29, 0.717) is 12.1 Å². The van der Waals surface area contributed by atoms with Crippen LogP contribution in [0.2, 0.25) is 0 Å². The van der Waals surface area contributed by atoms with Crippen LogP contribution in [0, 0.1) is 0 Å². The Labute approximate surface area is 155 Å². The van der Waals surface area contributed by atoms with E-state index < -0.39 is 0 Å². The molecule has 1 saturated heterocycles. The molecule has 2 unspecified atom stereocenters. The van der Waals surface area contributed by atoms with Gasteiger partial charge < -0.3 is 24.8 Å². The number of piperidine rings is 1. The molecule has 2 aromatic carbocycles. The summed E-state index contributed by atoms with van der Waals surface area (Å²) in [6, 6.07) is 15.0. The smallest absolute Gasteiger partial charge is 0.161 e. The van der Waals surface area contributed by atoms with Crippen LogP contribution in [0.1, 0.15) is 30.9 Å². The van der Waals surface area contributed by atoms with E-state index in [1.807, 2.05) is 24.3 Å². The molecule has 1 fully saturated rings. The first-order valence-corrected chi connectivity index (χ1v) is 9.09. The maximum Gasteiger partial charge on any atom is 0.161 e. The predicted molar refractivity (Wildman–Crippen MR) is 105 cm³/mol. The fourth-order valence-corrected chi connectivity index (χ4v) is 3.49. The highest BCUT2D eigenvalue weighted by atomic mass is 16.5. The number of hydrogen-bond donors (Lipinski definition) is 2. The van der Waals surface area contributed by atoms with E-state index in [-0.39, 0.29) is 0 Å². The second kappa shape index (κ2) is 8.81.